The van der Waals surface area contributed by atoms with E-state index in [1.807, 2.05) is 48.5 Å². The van der Waals surface area contributed by atoms with Crippen molar-refractivity contribution in [2.75, 3.05) is 6.54 Å². The lowest BCUT2D eigenvalue weighted by Crippen LogP contribution is -2.21. The topological polar surface area (TPSA) is 41.5 Å². The van der Waals surface area contributed by atoms with Gasteiger partial charge in [0.15, 0.2) is 0 Å². The second-order valence-electron chi connectivity index (χ2n) is 5.68. The van der Waals surface area contributed by atoms with Gasteiger partial charge in [0.25, 0.3) is 0 Å². The van der Waals surface area contributed by atoms with Gasteiger partial charge in [-0.3, -0.25) is 4.79 Å². The van der Waals surface area contributed by atoms with Crippen LogP contribution in [0.1, 0.15) is 21.8 Å². The molecule has 3 aromatic rings. The largest absolute Gasteiger partial charge is 0.309 e. The van der Waals surface area contributed by atoms with Gasteiger partial charge in [0, 0.05) is 12.1 Å². The van der Waals surface area contributed by atoms with Crippen LogP contribution in [0.4, 0.5) is 0 Å². The SMILES string of the molecule is O=C(C1=NNC[C@H]1c1cccc2ccccc12)c1ccccc1. The van der Waals surface area contributed by atoms with Crippen molar-refractivity contribution in [3.8, 4) is 0 Å². The van der Waals surface area contributed by atoms with Crippen LogP contribution >= 0.6 is 0 Å². The van der Waals surface area contributed by atoms with Crippen molar-refractivity contribution in [3.05, 3.63) is 83.9 Å². The first-order chi connectivity index (χ1) is 11.3. The average molecular weight is 300 g/mol. The molecule has 1 aliphatic heterocycles. The summed E-state index contributed by atoms with van der Waals surface area (Å²) in [7, 11) is 0. The van der Waals surface area contributed by atoms with Crippen molar-refractivity contribution in [1.82, 2.24) is 5.43 Å². The second-order valence-corrected chi connectivity index (χ2v) is 5.68. The normalized spacial score (nSPS) is 16.9. The Morgan fingerprint density at radius 2 is 1.65 bits per heavy atom. The van der Waals surface area contributed by atoms with E-state index in [1.165, 1.54) is 10.8 Å². The van der Waals surface area contributed by atoms with Gasteiger partial charge >= 0.3 is 0 Å². The monoisotopic (exact) mass is 300 g/mol. The Labute approximate surface area is 134 Å². The number of nitrogens with zero attached hydrogens (tertiary/aromatic N) is 1. The number of Topliss-reactive ketones (excluding diaryl/α,β-unsaturated/α-hetero) is 1. The van der Waals surface area contributed by atoms with Gasteiger partial charge in [-0.2, -0.15) is 5.10 Å². The summed E-state index contributed by atoms with van der Waals surface area (Å²) in [6.07, 6.45) is 0. The zero-order valence-corrected chi connectivity index (χ0v) is 12.6. The highest BCUT2D eigenvalue weighted by molar-refractivity contribution is 6.48. The van der Waals surface area contributed by atoms with E-state index >= 15 is 0 Å². The molecule has 1 atom stereocenters. The van der Waals surface area contributed by atoms with Gasteiger partial charge in [0.05, 0.1) is 5.92 Å². The predicted octanol–water partition coefficient (Wildman–Crippen LogP) is 3.77. The van der Waals surface area contributed by atoms with Crippen LogP contribution in [-0.2, 0) is 0 Å². The second kappa shape index (κ2) is 5.69. The number of fused-ring (bicyclic) bond motifs is 1. The Morgan fingerprint density at radius 3 is 2.52 bits per heavy atom. The van der Waals surface area contributed by atoms with Crippen molar-refractivity contribution in [2.24, 2.45) is 5.10 Å². The number of hydrogen-bond donors (Lipinski definition) is 1. The smallest absolute Gasteiger partial charge is 0.209 e. The molecule has 0 unspecified atom stereocenters. The lowest BCUT2D eigenvalue weighted by atomic mass is 9.87. The van der Waals surface area contributed by atoms with Crippen molar-refractivity contribution in [3.63, 3.8) is 0 Å². The van der Waals surface area contributed by atoms with Crippen molar-refractivity contribution >= 4 is 22.3 Å². The summed E-state index contributed by atoms with van der Waals surface area (Å²) < 4.78 is 0. The molecule has 0 spiro atoms. The molecule has 23 heavy (non-hydrogen) atoms. The molecule has 0 aromatic heterocycles. The third-order valence-electron chi connectivity index (χ3n) is 4.29. The molecule has 0 saturated carbocycles. The molecule has 1 heterocycles. The average Bonchev–Trinajstić information content (AvgIpc) is 3.11. The van der Waals surface area contributed by atoms with Crippen molar-refractivity contribution in [2.45, 2.75) is 5.92 Å². The molecule has 3 aromatic carbocycles. The van der Waals surface area contributed by atoms with Crippen LogP contribution in [0.3, 0.4) is 0 Å². The van der Waals surface area contributed by atoms with E-state index in [2.05, 4.69) is 34.8 Å². The van der Waals surface area contributed by atoms with E-state index in [1.54, 1.807) is 0 Å². The maximum atomic E-state index is 12.8. The van der Waals surface area contributed by atoms with E-state index < -0.39 is 0 Å². The number of benzene rings is 3. The van der Waals surface area contributed by atoms with Crippen LogP contribution in [0, 0.1) is 0 Å². The highest BCUT2D eigenvalue weighted by Gasteiger charge is 2.30. The molecule has 0 amide bonds. The third-order valence-corrected chi connectivity index (χ3v) is 4.29. The predicted molar refractivity (Wildman–Crippen MR) is 92.9 cm³/mol. The number of hydrogen-bond acceptors (Lipinski definition) is 3. The van der Waals surface area contributed by atoms with Crippen LogP contribution in [0.25, 0.3) is 10.8 Å². The van der Waals surface area contributed by atoms with E-state index in [0.29, 0.717) is 17.8 Å². The Balaban J connectivity index is 1.77. The summed E-state index contributed by atoms with van der Waals surface area (Å²) in [6, 6.07) is 23.8. The molecule has 4 rings (SSSR count). The molecule has 112 valence electrons. The summed E-state index contributed by atoms with van der Waals surface area (Å²) in [5, 5.41) is 6.66. The number of nitrogens with one attached hydrogen (secondary N) is 1. The lowest BCUT2D eigenvalue weighted by molar-refractivity contribution is 0.106. The molecule has 3 heteroatoms. The van der Waals surface area contributed by atoms with Gasteiger partial charge in [-0.25, -0.2) is 0 Å². The molecule has 0 saturated heterocycles. The number of carbonyl (C=O) groups excluding carboxylic acids is 1. The minimum atomic E-state index is -0.0196. The van der Waals surface area contributed by atoms with Crippen molar-refractivity contribution < 1.29 is 4.79 Å². The third kappa shape index (κ3) is 2.40. The minimum absolute atomic E-state index is 0.00599. The fourth-order valence-electron chi connectivity index (χ4n) is 3.15. The number of carbonyl (C=O) groups is 1. The van der Waals surface area contributed by atoms with E-state index in [9.17, 15) is 4.79 Å². The number of rotatable bonds is 3. The van der Waals surface area contributed by atoms with Gasteiger partial charge in [-0.05, 0) is 16.3 Å². The van der Waals surface area contributed by atoms with Crippen molar-refractivity contribution in [1.29, 1.82) is 0 Å². The molecule has 0 fully saturated rings. The Kier molecular flexibility index (Phi) is 3.39. The molecule has 1 N–H and O–H groups in total. The van der Waals surface area contributed by atoms with Crippen LogP contribution in [0.2, 0.25) is 0 Å². The highest BCUT2D eigenvalue weighted by Crippen LogP contribution is 2.29. The number of ketones is 1. The van der Waals surface area contributed by atoms with E-state index in [0.717, 1.165) is 5.56 Å². The Hall–Kier alpha value is -2.94. The summed E-state index contributed by atoms with van der Waals surface area (Å²) in [6.45, 7) is 0.655. The first-order valence-corrected chi connectivity index (χ1v) is 7.72. The van der Waals surface area contributed by atoms with Gasteiger partial charge in [-0.15, -0.1) is 0 Å². The maximum Gasteiger partial charge on any atom is 0.209 e. The summed E-state index contributed by atoms with van der Waals surface area (Å²) in [5.41, 5.74) is 5.42. The van der Waals surface area contributed by atoms with Gasteiger partial charge < -0.3 is 5.43 Å². The minimum Gasteiger partial charge on any atom is -0.309 e. The van der Waals surface area contributed by atoms with Gasteiger partial charge in [0.1, 0.15) is 5.71 Å². The zero-order chi connectivity index (χ0) is 15.6. The van der Waals surface area contributed by atoms with E-state index in [-0.39, 0.29) is 11.7 Å². The number of hydrazone groups is 1. The quantitative estimate of drug-likeness (QED) is 0.748. The van der Waals surface area contributed by atoms with Crippen LogP contribution in [-0.4, -0.2) is 18.0 Å². The first kappa shape index (κ1) is 13.7. The standard InChI is InChI=1S/C20H16N2O/c23-20(15-8-2-1-3-9-15)19-18(13-21-22-19)17-12-6-10-14-7-4-5-11-16(14)17/h1-12,18,21H,13H2/t18-/m0/s1. The maximum absolute atomic E-state index is 12.8. The van der Waals surface area contributed by atoms with Crippen LogP contribution in [0.5, 0.6) is 0 Å². The molecule has 0 aliphatic carbocycles. The Morgan fingerprint density at radius 1 is 0.913 bits per heavy atom. The van der Waals surface area contributed by atoms with E-state index in [4.69, 9.17) is 0 Å². The molecular formula is C20H16N2O. The van der Waals surface area contributed by atoms with Gasteiger partial charge in [-0.1, -0.05) is 72.8 Å². The zero-order valence-electron chi connectivity index (χ0n) is 12.6. The lowest BCUT2D eigenvalue weighted by Gasteiger charge is -2.14. The molecule has 0 radical (unpaired) electrons. The van der Waals surface area contributed by atoms with Crippen LogP contribution in [0.15, 0.2) is 77.9 Å². The first-order valence-electron chi connectivity index (χ1n) is 7.72. The molecule has 3 nitrogen and oxygen atoms in total. The Bertz CT molecular complexity index is 894. The fourth-order valence-corrected chi connectivity index (χ4v) is 3.15. The highest BCUT2D eigenvalue weighted by atomic mass is 16.1. The summed E-state index contributed by atoms with van der Waals surface area (Å²) in [5.74, 6) is -0.0256. The summed E-state index contributed by atoms with van der Waals surface area (Å²) >= 11 is 0. The van der Waals surface area contributed by atoms with Gasteiger partial charge in [0.2, 0.25) is 5.78 Å². The molecular weight excluding hydrogens is 284 g/mol. The van der Waals surface area contributed by atoms with Crippen LogP contribution < -0.4 is 5.43 Å². The molecule has 1 aliphatic rings. The fraction of sp³-hybridized carbons (Fsp3) is 0.100. The molecule has 0 bridgehead atoms. The summed E-state index contributed by atoms with van der Waals surface area (Å²) in [4.78, 5) is 12.8.